The second kappa shape index (κ2) is 6.50. The van der Waals surface area contributed by atoms with Crippen molar-refractivity contribution in [2.75, 3.05) is 11.9 Å². The molecule has 1 fully saturated rings. The number of nitrogens with zero attached hydrogens (tertiary/aromatic N) is 2. The van der Waals surface area contributed by atoms with Crippen LogP contribution in [0.2, 0.25) is 0 Å². The van der Waals surface area contributed by atoms with Crippen molar-refractivity contribution < 1.29 is 14.4 Å². The van der Waals surface area contributed by atoms with Crippen molar-refractivity contribution in [3.8, 4) is 0 Å². The van der Waals surface area contributed by atoms with Crippen molar-refractivity contribution >= 4 is 23.7 Å². The number of hydrogen-bond donors (Lipinski definition) is 2. The number of amides is 4. The van der Waals surface area contributed by atoms with Gasteiger partial charge in [0.2, 0.25) is 5.91 Å². The van der Waals surface area contributed by atoms with E-state index in [0.29, 0.717) is 12.2 Å². The second-order valence-electron chi connectivity index (χ2n) is 7.01. The molecule has 1 aliphatic carbocycles. The molecule has 2 aliphatic rings. The molecule has 2 aromatic rings. The van der Waals surface area contributed by atoms with Gasteiger partial charge in [-0.1, -0.05) is 30.3 Å². The van der Waals surface area contributed by atoms with Crippen LogP contribution in [0.1, 0.15) is 29.5 Å². The number of nitrogens with one attached hydrogen (secondary N) is 2. The Morgan fingerprint density at radius 1 is 1.26 bits per heavy atom. The van der Waals surface area contributed by atoms with Gasteiger partial charge in [-0.05, 0) is 48.9 Å². The van der Waals surface area contributed by atoms with Gasteiger partial charge in [0, 0.05) is 6.20 Å². The van der Waals surface area contributed by atoms with E-state index in [1.165, 1.54) is 0 Å². The molecule has 7 nitrogen and oxygen atoms in total. The van der Waals surface area contributed by atoms with Gasteiger partial charge in [0.05, 0.1) is 0 Å². The topological polar surface area (TPSA) is 91.4 Å². The number of carbonyl (C=O) groups is 3. The van der Waals surface area contributed by atoms with E-state index in [0.717, 1.165) is 34.4 Å². The second-order valence-corrected chi connectivity index (χ2v) is 7.01. The Morgan fingerprint density at radius 2 is 2.07 bits per heavy atom. The van der Waals surface area contributed by atoms with Gasteiger partial charge in [0.15, 0.2) is 0 Å². The quantitative estimate of drug-likeness (QED) is 0.816. The van der Waals surface area contributed by atoms with E-state index in [2.05, 4.69) is 15.6 Å². The predicted molar refractivity (Wildman–Crippen MR) is 98.9 cm³/mol. The fraction of sp³-hybridized carbons (Fsp3) is 0.300. The van der Waals surface area contributed by atoms with Gasteiger partial charge >= 0.3 is 6.03 Å². The summed E-state index contributed by atoms with van der Waals surface area (Å²) in [7, 11) is 0. The lowest BCUT2D eigenvalue weighted by atomic mass is 9.76. The smallest absolute Gasteiger partial charge is 0.319 e. The van der Waals surface area contributed by atoms with Crippen molar-refractivity contribution in [1.29, 1.82) is 0 Å². The molecule has 1 spiro atoms. The first-order valence-electron chi connectivity index (χ1n) is 8.94. The first kappa shape index (κ1) is 17.2. The van der Waals surface area contributed by atoms with Crippen LogP contribution in [0.25, 0.3) is 0 Å². The number of aryl methyl sites for hydroxylation is 2. The van der Waals surface area contributed by atoms with Gasteiger partial charge in [-0.2, -0.15) is 0 Å². The Labute approximate surface area is 156 Å². The highest BCUT2D eigenvalue weighted by atomic mass is 16.2. The number of fused-ring (bicyclic) bond motifs is 2. The lowest BCUT2D eigenvalue weighted by Gasteiger charge is -2.33. The van der Waals surface area contributed by atoms with Gasteiger partial charge in [-0.3, -0.25) is 14.5 Å². The van der Waals surface area contributed by atoms with Crippen molar-refractivity contribution in [3.63, 3.8) is 0 Å². The summed E-state index contributed by atoms with van der Waals surface area (Å²) < 4.78 is 0. The van der Waals surface area contributed by atoms with Crippen molar-refractivity contribution in [2.45, 2.75) is 31.7 Å². The summed E-state index contributed by atoms with van der Waals surface area (Å²) in [4.78, 5) is 43.1. The minimum atomic E-state index is -1.06. The number of imide groups is 1. The van der Waals surface area contributed by atoms with Crippen LogP contribution in [-0.2, 0) is 21.5 Å². The third-order valence-corrected chi connectivity index (χ3v) is 5.13. The normalized spacial score (nSPS) is 21.1. The van der Waals surface area contributed by atoms with Crippen LogP contribution < -0.4 is 10.6 Å². The summed E-state index contributed by atoms with van der Waals surface area (Å²) in [5, 5.41) is 5.47. The third-order valence-electron chi connectivity index (χ3n) is 5.13. The summed E-state index contributed by atoms with van der Waals surface area (Å²) in [6.07, 6.45) is 3.85. The number of carbonyl (C=O) groups excluding carboxylic acids is 3. The van der Waals surface area contributed by atoms with Crippen LogP contribution in [0.15, 0.2) is 42.6 Å². The van der Waals surface area contributed by atoms with E-state index in [1.807, 2.05) is 37.3 Å². The van der Waals surface area contributed by atoms with Gasteiger partial charge < -0.3 is 10.6 Å². The highest BCUT2D eigenvalue weighted by Crippen LogP contribution is 2.39. The highest BCUT2D eigenvalue weighted by molar-refractivity contribution is 6.10. The van der Waals surface area contributed by atoms with E-state index in [1.54, 1.807) is 12.3 Å². The largest absolute Gasteiger partial charge is 0.325 e. The molecule has 1 saturated heterocycles. The molecule has 7 heteroatoms. The van der Waals surface area contributed by atoms with Crippen LogP contribution in [0, 0.1) is 6.92 Å². The molecule has 0 bridgehead atoms. The standard InChI is InChI=1S/C20H20N4O3/c1-13-8-9-16(21-11-13)22-17(25)12-24-18(26)20(23-19(24)27)10-4-6-14-5-2-3-7-15(14)20/h2-3,5,7-9,11H,4,6,10,12H2,1H3,(H,23,27)(H,21,22,25)/t20-/m1/s1. The summed E-state index contributed by atoms with van der Waals surface area (Å²) >= 11 is 0. The lowest BCUT2D eigenvalue weighted by molar-refractivity contribution is -0.134. The van der Waals surface area contributed by atoms with E-state index >= 15 is 0 Å². The minimum absolute atomic E-state index is 0.343. The van der Waals surface area contributed by atoms with Crippen LogP contribution >= 0.6 is 0 Å². The number of anilines is 1. The van der Waals surface area contributed by atoms with Crippen LogP contribution in [0.5, 0.6) is 0 Å². The molecule has 1 aromatic heterocycles. The molecule has 1 atom stereocenters. The fourth-order valence-corrected chi connectivity index (χ4v) is 3.82. The molecule has 4 rings (SSSR count). The maximum absolute atomic E-state index is 13.1. The average Bonchev–Trinajstić information content (AvgIpc) is 2.89. The molecule has 1 aliphatic heterocycles. The van der Waals surface area contributed by atoms with Crippen LogP contribution in [0.3, 0.4) is 0 Å². The zero-order chi connectivity index (χ0) is 19.0. The summed E-state index contributed by atoms with van der Waals surface area (Å²) in [5.41, 5.74) is 1.80. The average molecular weight is 364 g/mol. The molecule has 0 radical (unpaired) electrons. The Hall–Kier alpha value is -3.22. The van der Waals surface area contributed by atoms with E-state index in [4.69, 9.17) is 0 Å². The highest BCUT2D eigenvalue weighted by Gasteiger charge is 2.54. The monoisotopic (exact) mass is 364 g/mol. The summed E-state index contributed by atoms with van der Waals surface area (Å²) in [6, 6.07) is 10.6. The molecular formula is C20H20N4O3. The zero-order valence-electron chi connectivity index (χ0n) is 15.0. The molecule has 2 N–H and O–H groups in total. The Kier molecular flexibility index (Phi) is 4.14. The number of pyridine rings is 1. The van der Waals surface area contributed by atoms with E-state index < -0.39 is 17.5 Å². The number of aromatic nitrogens is 1. The molecule has 0 saturated carbocycles. The van der Waals surface area contributed by atoms with E-state index in [-0.39, 0.29) is 12.5 Å². The Morgan fingerprint density at radius 3 is 2.85 bits per heavy atom. The van der Waals surface area contributed by atoms with Gasteiger partial charge in [-0.25, -0.2) is 9.78 Å². The number of benzene rings is 1. The van der Waals surface area contributed by atoms with E-state index in [9.17, 15) is 14.4 Å². The molecule has 138 valence electrons. The summed E-state index contributed by atoms with van der Waals surface area (Å²) in [5.74, 6) is -0.446. The maximum Gasteiger partial charge on any atom is 0.325 e. The molecule has 2 heterocycles. The van der Waals surface area contributed by atoms with Crippen LogP contribution in [0.4, 0.5) is 10.6 Å². The molecule has 4 amide bonds. The number of urea groups is 1. The number of hydrogen-bond acceptors (Lipinski definition) is 4. The first-order valence-corrected chi connectivity index (χ1v) is 8.94. The van der Waals surface area contributed by atoms with Gasteiger partial charge in [0.25, 0.3) is 5.91 Å². The third kappa shape index (κ3) is 2.95. The number of rotatable bonds is 3. The maximum atomic E-state index is 13.1. The zero-order valence-corrected chi connectivity index (χ0v) is 15.0. The van der Waals surface area contributed by atoms with Gasteiger partial charge in [0.1, 0.15) is 17.9 Å². The van der Waals surface area contributed by atoms with Gasteiger partial charge in [-0.15, -0.1) is 0 Å². The molecule has 0 unspecified atom stereocenters. The SMILES string of the molecule is Cc1ccc(NC(=O)CN2C(=O)N[C@@]3(CCCc4ccccc43)C2=O)nc1. The predicted octanol–water partition coefficient (Wildman–Crippen LogP) is 2.11. The molecular weight excluding hydrogens is 344 g/mol. The Bertz CT molecular complexity index is 925. The Balaban J connectivity index is 1.54. The van der Waals surface area contributed by atoms with Crippen LogP contribution in [-0.4, -0.2) is 34.3 Å². The molecule has 27 heavy (non-hydrogen) atoms. The first-order chi connectivity index (χ1) is 13.0. The summed E-state index contributed by atoms with van der Waals surface area (Å²) in [6.45, 7) is 1.55. The van der Waals surface area contributed by atoms with Crippen molar-refractivity contribution in [1.82, 2.24) is 15.2 Å². The lowest BCUT2D eigenvalue weighted by Crippen LogP contribution is -2.47. The van der Waals surface area contributed by atoms with Crippen molar-refractivity contribution in [2.24, 2.45) is 0 Å². The van der Waals surface area contributed by atoms with Crippen molar-refractivity contribution in [3.05, 3.63) is 59.3 Å². The molecule has 1 aromatic carbocycles. The fourth-order valence-electron chi connectivity index (χ4n) is 3.82. The minimum Gasteiger partial charge on any atom is -0.319 e.